The van der Waals surface area contributed by atoms with Gasteiger partial charge < -0.3 is 9.67 Å². The maximum absolute atomic E-state index is 9.18. The maximum atomic E-state index is 9.18. The number of imidazole rings is 1. The Balaban J connectivity index is 1.62. The summed E-state index contributed by atoms with van der Waals surface area (Å²) in [7, 11) is 0. The van der Waals surface area contributed by atoms with Crippen molar-refractivity contribution in [2.45, 2.75) is 25.5 Å². The molecule has 0 saturated carbocycles. The second-order valence-electron chi connectivity index (χ2n) is 6.76. The summed E-state index contributed by atoms with van der Waals surface area (Å²) in [5.41, 5.74) is 6.42. The van der Waals surface area contributed by atoms with E-state index in [1.165, 1.54) is 16.9 Å². The first-order valence-corrected chi connectivity index (χ1v) is 8.95. The van der Waals surface area contributed by atoms with Crippen LogP contribution < -0.4 is 0 Å². The van der Waals surface area contributed by atoms with E-state index >= 15 is 0 Å². The van der Waals surface area contributed by atoms with Crippen LogP contribution in [0.5, 0.6) is 0 Å². The lowest BCUT2D eigenvalue weighted by molar-refractivity contribution is 0.277. The fraction of sp³-hybridized carbons (Fsp3) is 0.182. The number of benzene rings is 2. The molecule has 4 nitrogen and oxygen atoms in total. The second kappa shape index (κ2) is 6.07. The van der Waals surface area contributed by atoms with Crippen LogP contribution in [0.4, 0.5) is 0 Å². The summed E-state index contributed by atoms with van der Waals surface area (Å²) >= 11 is 0. The van der Waals surface area contributed by atoms with Crippen molar-refractivity contribution in [1.82, 2.24) is 14.5 Å². The fourth-order valence-electron chi connectivity index (χ4n) is 3.92. The van der Waals surface area contributed by atoms with E-state index in [1.807, 2.05) is 18.3 Å². The molecule has 0 amide bonds. The van der Waals surface area contributed by atoms with Gasteiger partial charge in [-0.1, -0.05) is 42.5 Å². The van der Waals surface area contributed by atoms with E-state index < -0.39 is 0 Å². The van der Waals surface area contributed by atoms with E-state index in [1.54, 1.807) is 0 Å². The van der Waals surface area contributed by atoms with E-state index in [4.69, 9.17) is 4.98 Å². The average molecular weight is 341 g/mol. The Morgan fingerprint density at radius 3 is 2.62 bits per heavy atom. The summed E-state index contributed by atoms with van der Waals surface area (Å²) in [5.74, 6) is 1.17. The largest absolute Gasteiger partial charge is 0.390 e. The number of aryl methyl sites for hydroxylation is 1. The van der Waals surface area contributed by atoms with Crippen LogP contribution in [-0.2, 0) is 13.0 Å². The molecular formula is C22H19N3O. The molecule has 0 fully saturated rings. The molecule has 4 heteroatoms. The standard InChI is InChI=1S/C22H19N3O/c26-14-18-8-6-17(13-23-18)16-7-9-19-21(12-16)25-20(10-11-22(25)24-19)15-4-2-1-3-5-15/h1-9,12-13,20,26H,10-11,14H2/t20-/m1/s1. The third-order valence-corrected chi connectivity index (χ3v) is 5.22. The topological polar surface area (TPSA) is 50.9 Å². The predicted molar refractivity (Wildman–Crippen MR) is 102 cm³/mol. The molecular weight excluding hydrogens is 322 g/mol. The first kappa shape index (κ1) is 15.3. The Labute approximate surface area is 151 Å². The van der Waals surface area contributed by atoms with Crippen molar-refractivity contribution in [3.63, 3.8) is 0 Å². The van der Waals surface area contributed by atoms with Crippen LogP contribution in [0.1, 0.15) is 29.5 Å². The van der Waals surface area contributed by atoms with Gasteiger partial charge in [0.15, 0.2) is 0 Å². The third-order valence-electron chi connectivity index (χ3n) is 5.22. The molecule has 0 saturated heterocycles. The lowest BCUT2D eigenvalue weighted by Gasteiger charge is -2.15. The molecule has 0 aliphatic carbocycles. The van der Waals surface area contributed by atoms with Gasteiger partial charge in [0.05, 0.1) is 29.4 Å². The number of rotatable bonds is 3. The van der Waals surface area contributed by atoms with E-state index in [-0.39, 0.29) is 6.61 Å². The lowest BCUT2D eigenvalue weighted by atomic mass is 10.0. The molecule has 1 aliphatic heterocycles. The lowest BCUT2D eigenvalue weighted by Crippen LogP contribution is -2.05. The molecule has 0 bridgehead atoms. The zero-order valence-electron chi connectivity index (χ0n) is 14.3. The smallest absolute Gasteiger partial charge is 0.110 e. The van der Waals surface area contributed by atoms with E-state index in [0.29, 0.717) is 11.7 Å². The van der Waals surface area contributed by atoms with Gasteiger partial charge in [0, 0.05) is 18.2 Å². The van der Waals surface area contributed by atoms with Gasteiger partial charge in [0.1, 0.15) is 5.82 Å². The molecule has 128 valence electrons. The third kappa shape index (κ3) is 2.42. The van der Waals surface area contributed by atoms with Crippen LogP contribution in [0.15, 0.2) is 66.9 Å². The maximum Gasteiger partial charge on any atom is 0.110 e. The highest BCUT2D eigenvalue weighted by atomic mass is 16.3. The molecule has 1 aliphatic rings. The van der Waals surface area contributed by atoms with Crippen LogP contribution in [0.2, 0.25) is 0 Å². The van der Waals surface area contributed by atoms with Crippen LogP contribution >= 0.6 is 0 Å². The number of hydrogen-bond acceptors (Lipinski definition) is 3. The Morgan fingerprint density at radius 2 is 1.85 bits per heavy atom. The molecule has 1 N–H and O–H groups in total. The van der Waals surface area contributed by atoms with Gasteiger partial charge in [-0.2, -0.15) is 0 Å². The number of aliphatic hydroxyl groups is 1. The number of aliphatic hydroxyl groups excluding tert-OH is 1. The van der Waals surface area contributed by atoms with Crippen LogP contribution in [-0.4, -0.2) is 19.6 Å². The molecule has 0 spiro atoms. The predicted octanol–water partition coefficient (Wildman–Crippen LogP) is 4.13. The van der Waals surface area contributed by atoms with Gasteiger partial charge in [0.25, 0.3) is 0 Å². The van der Waals surface area contributed by atoms with Crippen molar-refractivity contribution in [3.8, 4) is 11.1 Å². The van der Waals surface area contributed by atoms with Crippen LogP contribution in [0.25, 0.3) is 22.2 Å². The number of nitrogens with zero attached hydrogens (tertiary/aromatic N) is 3. The minimum atomic E-state index is -0.0335. The van der Waals surface area contributed by atoms with Gasteiger partial charge in [-0.3, -0.25) is 4.98 Å². The Hall–Kier alpha value is -2.98. The summed E-state index contributed by atoms with van der Waals surface area (Å²) < 4.78 is 2.39. The quantitative estimate of drug-likeness (QED) is 0.610. The highest BCUT2D eigenvalue weighted by molar-refractivity contribution is 5.83. The average Bonchev–Trinajstić information content (AvgIpc) is 3.27. The summed E-state index contributed by atoms with van der Waals surface area (Å²) in [6.07, 6.45) is 3.93. The molecule has 26 heavy (non-hydrogen) atoms. The normalized spacial score (nSPS) is 16.1. The Bertz CT molecular complexity index is 1070. The highest BCUT2D eigenvalue weighted by Crippen LogP contribution is 2.36. The molecule has 3 heterocycles. The van der Waals surface area contributed by atoms with Gasteiger partial charge >= 0.3 is 0 Å². The van der Waals surface area contributed by atoms with E-state index in [0.717, 1.165) is 29.5 Å². The molecule has 2 aromatic carbocycles. The zero-order chi connectivity index (χ0) is 17.5. The monoisotopic (exact) mass is 341 g/mol. The van der Waals surface area contributed by atoms with Crippen molar-refractivity contribution in [2.75, 3.05) is 0 Å². The minimum absolute atomic E-state index is 0.0335. The van der Waals surface area contributed by atoms with E-state index in [2.05, 4.69) is 58.1 Å². The number of aromatic nitrogens is 3. The summed E-state index contributed by atoms with van der Waals surface area (Å²) in [5, 5.41) is 9.18. The summed E-state index contributed by atoms with van der Waals surface area (Å²) in [4.78, 5) is 9.15. The number of fused-ring (bicyclic) bond motifs is 3. The van der Waals surface area contributed by atoms with E-state index in [9.17, 15) is 5.11 Å². The van der Waals surface area contributed by atoms with Crippen molar-refractivity contribution in [1.29, 1.82) is 0 Å². The summed E-state index contributed by atoms with van der Waals surface area (Å²) in [6, 6.07) is 21.3. The van der Waals surface area contributed by atoms with Gasteiger partial charge in [-0.15, -0.1) is 0 Å². The van der Waals surface area contributed by atoms with Crippen molar-refractivity contribution in [2.24, 2.45) is 0 Å². The van der Waals surface area contributed by atoms with Gasteiger partial charge in [-0.05, 0) is 35.7 Å². The molecule has 1 atom stereocenters. The Kier molecular flexibility index (Phi) is 3.57. The molecule has 2 aromatic heterocycles. The number of hydrogen-bond donors (Lipinski definition) is 1. The van der Waals surface area contributed by atoms with Crippen molar-refractivity contribution < 1.29 is 5.11 Å². The zero-order valence-corrected chi connectivity index (χ0v) is 14.3. The first-order chi connectivity index (χ1) is 12.8. The SMILES string of the molecule is OCc1ccc(-c2ccc3nc4n(c3c2)[C@@H](c2ccccc2)CC4)cn1. The number of pyridine rings is 1. The van der Waals surface area contributed by atoms with Crippen LogP contribution in [0, 0.1) is 0 Å². The second-order valence-corrected chi connectivity index (χ2v) is 6.76. The molecule has 0 unspecified atom stereocenters. The van der Waals surface area contributed by atoms with Crippen molar-refractivity contribution in [3.05, 3.63) is 83.9 Å². The van der Waals surface area contributed by atoms with Crippen molar-refractivity contribution >= 4 is 11.0 Å². The fourth-order valence-corrected chi connectivity index (χ4v) is 3.92. The molecule has 0 radical (unpaired) electrons. The first-order valence-electron chi connectivity index (χ1n) is 8.95. The summed E-state index contributed by atoms with van der Waals surface area (Å²) in [6.45, 7) is -0.0335. The Morgan fingerprint density at radius 1 is 1.00 bits per heavy atom. The van der Waals surface area contributed by atoms with Crippen LogP contribution in [0.3, 0.4) is 0 Å². The van der Waals surface area contributed by atoms with Gasteiger partial charge in [0.2, 0.25) is 0 Å². The highest BCUT2D eigenvalue weighted by Gasteiger charge is 2.27. The molecule has 5 rings (SSSR count). The molecule has 4 aromatic rings. The minimum Gasteiger partial charge on any atom is -0.390 e. The van der Waals surface area contributed by atoms with Gasteiger partial charge in [-0.25, -0.2) is 4.98 Å².